The number of H-pyrrole nitrogens is 1. The second-order valence-corrected chi connectivity index (χ2v) is 2.84. The Bertz CT molecular complexity index is 468. The Balaban J connectivity index is 2.60. The lowest BCUT2D eigenvalue weighted by Gasteiger charge is -1.97. The molecule has 0 aliphatic rings. The third-order valence-electron chi connectivity index (χ3n) is 2.02. The summed E-state index contributed by atoms with van der Waals surface area (Å²) in [6.45, 7) is 3.67. The van der Waals surface area contributed by atoms with Crippen LogP contribution in [0.25, 0.3) is 16.6 Å². The second-order valence-electron chi connectivity index (χ2n) is 2.84. The van der Waals surface area contributed by atoms with Gasteiger partial charge >= 0.3 is 0 Å². The minimum Gasteiger partial charge on any atom is -0.361 e. The van der Waals surface area contributed by atoms with E-state index < -0.39 is 0 Å². The lowest BCUT2D eigenvalue weighted by atomic mass is 10.1. The molecule has 0 amide bonds. The topological polar surface area (TPSA) is 52.0 Å². The van der Waals surface area contributed by atoms with Gasteiger partial charge in [-0.15, -0.1) is 0 Å². The van der Waals surface area contributed by atoms with Crippen molar-refractivity contribution in [1.29, 1.82) is 5.53 Å². The molecule has 0 aliphatic heterocycles. The summed E-state index contributed by atoms with van der Waals surface area (Å²) in [6, 6.07) is 7.81. The molecule has 0 fully saturated rings. The maximum absolute atomic E-state index is 6.83. The zero-order valence-corrected chi connectivity index (χ0v) is 7.04. The van der Waals surface area contributed by atoms with Crippen LogP contribution in [0.5, 0.6) is 0 Å². The average molecular weight is 171 g/mol. The molecule has 0 atom stereocenters. The number of aromatic amines is 1. The van der Waals surface area contributed by atoms with E-state index in [1.54, 1.807) is 0 Å². The van der Waals surface area contributed by atoms with Gasteiger partial charge in [0.2, 0.25) is 0 Å². The lowest BCUT2D eigenvalue weighted by Crippen LogP contribution is -1.77. The molecule has 64 valence electrons. The highest BCUT2D eigenvalue weighted by Crippen LogP contribution is 2.19. The van der Waals surface area contributed by atoms with E-state index in [-0.39, 0.29) is 0 Å². The van der Waals surface area contributed by atoms with Crippen LogP contribution in [0.15, 0.2) is 42.2 Å². The van der Waals surface area contributed by atoms with Crippen molar-refractivity contribution in [2.24, 2.45) is 5.11 Å². The summed E-state index contributed by atoms with van der Waals surface area (Å²) in [5, 5.41) is 4.41. The van der Waals surface area contributed by atoms with Gasteiger partial charge in [0.15, 0.2) is 0 Å². The van der Waals surface area contributed by atoms with Gasteiger partial charge in [-0.1, -0.05) is 12.6 Å². The number of hydrogen-bond acceptors (Lipinski definition) is 2. The molecule has 1 aromatic carbocycles. The first-order valence-electron chi connectivity index (χ1n) is 3.95. The predicted molar refractivity (Wildman–Crippen MR) is 52.5 cm³/mol. The van der Waals surface area contributed by atoms with E-state index in [4.69, 9.17) is 5.53 Å². The molecular weight excluding hydrogens is 162 g/mol. The maximum atomic E-state index is 6.83. The molecule has 2 N–H and O–H groups in total. The first kappa shape index (κ1) is 7.73. The summed E-state index contributed by atoms with van der Waals surface area (Å²) >= 11 is 0. The first-order chi connectivity index (χ1) is 6.31. The smallest absolute Gasteiger partial charge is 0.0850 e. The van der Waals surface area contributed by atoms with Crippen LogP contribution in [0.4, 0.5) is 0 Å². The normalized spacial score (nSPS) is 10.2. The minimum absolute atomic E-state index is 0.489. The minimum atomic E-state index is 0.489. The van der Waals surface area contributed by atoms with E-state index in [9.17, 15) is 0 Å². The molecule has 13 heavy (non-hydrogen) atoms. The largest absolute Gasteiger partial charge is 0.361 e. The van der Waals surface area contributed by atoms with E-state index in [0.29, 0.717) is 5.70 Å². The summed E-state index contributed by atoms with van der Waals surface area (Å²) < 4.78 is 0. The predicted octanol–water partition coefficient (Wildman–Crippen LogP) is 3.17. The molecule has 2 rings (SSSR count). The molecule has 0 unspecified atom stereocenters. The van der Waals surface area contributed by atoms with Gasteiger partial charge in [0, 0.05) is 22.7 Å². The molecule has 0 saturated carbocycles. The Kier molecular flexibility index (Phi) is 1.70. The molecule has 1 aromatic heterocycles. The summed E-state index contributed by atoms with van der Waals surface area (Å²) in [5.74, 6) is 0. The van der Waals surface area contributed by atoms with Crippen LogP contribution in [-0.2, 0) is 0 Å². The molecule has 3 nitrogen and oxygen atoms in total. The van der Waals surface area contributed by atoms with Gasteiger partial charge in [0.05, 0.1) is 5.70 Å². The number of nitrogens with one attached hydrogen (secondary N) is 2. The third-order valence-corrected chi connectivity index (χ3v) is 2.02. The molecule has 3 heteroatoms. The van der Waals surface area contributed by atoms with Gasteiger partial charge < -0.3 is 4.98 Å². The zero-order valence-electron chi connectivity index (χ0n) is 7.04. The molecule has 2 aromatic rings. The van der Waals surface area contributed by atoms with Gasteiger partial charge in [-0.05, 0) is 18.2 Å². The number of aromatic nitrogens is 1. The third kappa shape index (κ3) is 1.24. The van der Waals surface area contributed by atoms with Gasteiger partial charge in [-0.2, -0.15) is 5.11 Å². The van der Waals surface area contributed by atoms with E-state index >= 15 is 0 Å². The van der Waals surface area contributed by atoms with Crippen LogP contribution in [0.1, 0.15) is 5.56 Å². The number of rotatable bonds is 2. The highest BCUT2D eigenvalue weighted by molar-refractivity contribution is 5.83. The van der Waals surface area contributed by atoms with Gasteiger partial charge in [0.25, 0.3) is 0 Å². The molecular formula is C10H9N3. The van der Waals surface area contributed by atoms with E-state index in [1.165, 1.54) is 0 Å². The van der Waals surface area contributed by atoms with E-state index in [2.05, 4.69) is 16.7 Å². The zero-order chi connectivity index (χ0) is 9.26. The van der Waals surface area contributed by atoms with E-state index in [0.717, 1.165) is 16.5 Å². The van der Waals surface area contributed by atoms with Crippen LogP contribution in [0, 0.1) is 5.53 Å². The van der Waals surface area contributed by atoms with Crippen LogP contribution < -0.4 is 0 Å². The Labute approximate surface area is 75.6 Å². The Morgan fingerprint density at radius 3 is 3.00 bits per heavy atom. The van der Waals surface area contributed by atoms with E-state index in [1.807, 2.05) is 30.5 Å². The summed E-state index contributed by atoms with van der Waals surface area (Å²) in [5.41, 5.74) is 9.30. The van der Waals surface area contributed by atoms with Crippen molar-refractivity contribution >= 4 is 16.6 Å². The number of benzene rings is 1. The SMILES string of the molecule is C=C(N=N)c1ccc2[nH]ccc2c1. The molecule has 0 radical (unpaired) electrons. The number of nitrogens with zero attached hydrogens (tertiary/aromatic N) is 1. The first-order valence-corrected chi connectivity index (χ1v) is 3.95. The van der Waals surface area contributed by atoms with Crippen molar-refractivity contribution < 1.29 is 0 Å². The Morgan fingerprint density at radius 1 is 1.38 bits per heavy atom. The summed E-state index contributed by atoms with van der Waals surface area (Å²) in [7, 11) is 0. The Morgan fingerprint density at radius 2 is 2.23 bits per heavy atom. The van der Waals surface area contributed by atoms with Crippen molar-refractivity contribution in [2.45, 2.75) is 0 Å². The van der Waals surface area contributed by atoms with Crippen LogP contribution >= 0.6 is 0 Å². The number of fused-ring (bicyclic) bond motifs is 1. The van der Waals surface area contributed by atoms with Crippen molar-refractivity contribution in [1.82, 2.24) is 4.98 Å². The molecule has 0 spiro atoms. The maximum Gasteiger partial charge on any atom is 0.0850 e. The van der Waals surface area contributed by atoms with Gasteiger partial charge in [-0.25, -0.2) is 5.53 Å². The number of hydrogen-bond donors (Lipinski definition) is 2. The fraction of sp³-hybridized carbons (Fsp3) is 0. The lowest BCUT2D eigenvalue weighted by molar-refractivity contribution is 1.16. The Hall–Kier alpha value is -1.90. The molecule has 1 heterocycles. The summed E-state index contributed by atoms with van der Waals surface area (Å²) in [4.78, 5) is 3.10. The second kappa shape index (κ2) is 2.86. The van der Waals surface area contributed by atoms with Crippen LogP contribution in [0.2, 0.25) is 0 Å². The monoisotopic (exact) mass is 171 g/mol. The van der Waals surface area contributed by atoms with Crippen LogP contribution in [0.3, 0.4) is 0 Å². The fourth-order valence-electron chi connectivity index (χ4n) is 1.30. The summed E-state index contributed by atoms with van der Waals surface area (Å²) in [6.07, 6.45) is 1.88. The quantitative estimate of drug-likeness (QED) is 0.652. The van der Waals surface area contributed by atoms with Gasteiger partial charge in [0.1, 0.15) is 0 Å². The highest BCUT2D eigenvalue weighted by Gasteiger charge is 1.99. The van der Waals surface area contributed by atoms with Crippen molar-refractivity contribution in [3.8, 4) is 0 Å². The fourth-order valence-corrected chi connectivity index (χ4v) is 1.30. The average Bonchev–Trinajstić information content (AvgIpc) is 2.63. The molecule has 0 bridgehead atoms. The van der Waals surface area contributed by atoms with Crippen molar-refractivity contribution in [3.05, 3.63) is 42.6 Å². The molecule has 0 aliphatic carbocycles. The van der Waals surface area contributed by atoms with Crippen LogP contribution in [-0.4, -0.2) is 4.98 Å². The highest BCUT2D eigenvalue weighted by atomic mass is 15.0. The van der Waals surface area contributed by atoms with Gasteiger partial charge in [-0.3, -0.25) is 0 Å². The van der Waals surface area contributed by atoms with Crippen molar-refractivity contribution in [3.63, 3.8) is 0 Å². The van der Waals surface area contributed by atoms with Crippen molar-refractivity contribution in [2.75, 3.05) is 0 Å². The molecule has 0 saturated heterocycles. The standard InChI is InChI=1S/C10H9N3/c1-7(13-11)8-2-3-10-9(6-8)4-5-12-10/h2-6,11-12H,1H2.